The van der Waals surface area contributed by atoms with Crippen molar-refractivity contribution in [3.63, 3.8) is 0 Å². The van der Waals surface area contributed by atoms with Crippen LogP contribution in [-0.2, 0) is 0 Å². The minimum absolute atomic E-state index is 0.275. The molecule has 0 fully saturated rings. The fourth-order valence-electron chi connectivity index (χ4n) is 2.90. The quantitative estimate of drug-likeness (QED) is 0.503. The molecule has 0 atom stereocenters. The number of rotatable bonds is 5. The molecule has 0 aliphatic heterocycles. The lowest BCUT2D eigenvalue weighted by Crippen LogP contribution is -2.12. The van der Waals surface area contributed by atoms with Gasteiger partial charge in [-0.3, -0.25) is 4.79 Å². The number of imidazole rings is 1. The van der Waals surface area contributed by atoms with Crippen LogP contribution in [0.3, 0.4) is 0 Å². The number of hydrogen-bond acceptors (Lipinski definition) is 5. The lowest BCUT2D eigenvalue weighted by atomic mass is 10.1. The number of pyridine rings is 2. The Morgan fingerprint density at radius 3 is 2.90 bits per heavy atom. The molecule has 0 saturated heterocycles. The Morgan fingerprint density at radius 2 is 2.07 bits per heavy atom. The maximum atomic E-state index is 12.6. The summed E-state index contributed by atoms with van der Waals surface area (Å²) in [7, 11) is 0. The maximum absolute atomic E-state index is 12.6. The predicted octanol–water partition coefficient (Wildman–Crippen LogP) is 4.63. The highest BCUT2D eigenvalue weighted by atomic mass is 35.5. The van der Waals surface area contributed by atoms with Crippen molar-refractivity contribution in [3.05, 3.63) is 64.9 Å². The van der Waals surface area contributed by atoms with Gasteiger partial charge < -0.3 is 15.0 Å². The predicted molar refractivity (Wildman–Crippen MR) is 112 cm³/mol. The van der Waals surface area contributed by atoms with Crippen LogP contribution >= 0.6 is 11.6 Å². The first-order chi connectivity index (χ1) is 14.0. The molecule has 0 radical (unpaired) electrons. The van der Waals surface area contributed by atoms with Crippen molar-refractivity contribution in [2.45, 2.75) is 13.8 Å². The lowest BCUT2D eigenvalue weighted by Gasteiger charge is -2.09. The molecule has 0 bridgehead atoms. The highest BCUT2D eigenvalue weighted by Crippen LogP contribution is 2.30. The molecule has 0 saturated carbocycles. The number of nitrogens with one attached hydrogen (secondary N) is 2. The maximum Gasteiger partial charge on any atom is 0.255 e. The van der Waals surface area contributed by atoms with E-state index in [0.29, 0.717) is 45.8 Å². The molecule has 0 aliphatic rings. The van der Waals surface area contributed by atoms with Crippen molar-refractivity contribution in [1.82, 2.24) is 19.9 Å². The standard InChI is InChI=1S/C21H18ClN5O2/c1-3-29-18-9-13(6-7-23-18)21(28)25-14-4-5-16(22)15(10-14)19-26-17-8-12(2)11-24-20(17)27-19/h4-11H,3H2,1-2H3,(H,25,28)(H,24,26,27). The molecule has 2 N–H and O–H groups in total. The van der Waals surface area contributed by atoms with Crippen molar-refractivity contribution in [2.24, 2.45) is 0 Å². The molecular formula is C21H18ClN5O2. The van der Waals surface area contributed by atoms with Crippen LogP contribution in [0.15, 0.2) is 48.8 Å². The van der Waals surface area contributed by atoms with E-state index in [9.17, 15) is 4.79 Å². The average Bonchev–Trinajstić information content (AvgIpc) is 3.13. The number of aromatic nitrogens is 4. The summed E-state index contributed by atoms with van der Waals surface area (Å²) < 4.78 is 5.35. The van der Waals surface area contributed by atoms with E-state index in [1.165, 1.54) is 6.20 Å². The number of nitrogens with zero attached hydrogens (tertiary/aromatic N) is 3. The third-order valence-electron chi connectivity index (χ3n) is 4.24. The SMILES string of the molecule is CCOc1cc(C(=O)Nc2ccc(Cl)c(-c3nc4ncc(C)cc4[nH]3)c2)ccn1. The van der Waals surface area contributed by atoms with E-state index in [-0.39, 0.29) is 5.91 Å². The molecule has 146 valence electrons. The van der Waals surface area contributed by atoms with Crippen LogP contribution in [0.2, 0.25) is 5.02 Å². The molecule has 0 aliphatic carbocycles. The smallest absolute Gasteiger partial charge is 0.255 e. The van der Waals surface area contributed by atoms with E-state index < -0.39 is 0 Å². The number of ether oxygens (including phenoxy) is 1. The van der Waals surface area contributed by atoms with Crippen molar-refractivity contribution in [3.8, 4) is 17.3 Å². The highest BCUT2D eigenvalue weighted by Gasteiger charge is 2.13. The number of anilines is 1. The first-order valence-corrected chi connectivity index (χ1v) is 9.44. The number of halogens is 1. The van der Waals surface area contributed by atoms with Gasteiger partial charge in [0.05, 0.1) is 17.1 Å². The molecule has 1 amide bonds. The molecular weight excluding hydrogens is 390 g/mol. The van der Waals surface area contributed by atoms with Gasteiger partial charge in [-0.15, -0.1) is 0 Å². The van der Waals surface area contributed by atoms with Gasteiger partial charge in [-0.05, 0) is 49.7 Å². The van der Waals surface area contributed by atoms with Gasteiger partial charge in [0.1, 0.15) is 5.82 Å². The Labute approximate surface area is 172 Å². The van der Waals surface area contributed by atoms with Gasteiger partial charge in [-0.25, -0.2) is 15.0 Å². The second-order valence-electron chi connectivity index (χ2n) is 6.43. The normalized spacial score (nSPS) is 10.9. The first-order valence-electron chi connectivity index (χ1n) is 9.06. The van der Waals surface area contributed by atoms with Crippen LogP contribution in [0.4, 0.5) is 5.69 Å². The van der Waals surface area contributed by atoms with Crippen molar-refractivity contribution < 1.29 is 9.53 Å². The summed E-state index contributed by atoms with van der Waals surface area (Å²) in [5, 5.41) is 3.38. The highest BCUT2D eigenvalue weighted by molar-refractivity contribution is 6.33. The molecule has 4 aromatic rings. The summed E-state index contributed by atoms with van der Waals surface area (Å²) >= 11 is 6.38. The van der Waals surface area contributed by atoms with Gasteiger partial charge in [-0.1, -0.05) is 11.6 Å². The molecule has 7 nitrogen and oxygen atoms in total. The second kappa shape index (κ2) is 7.89. The van der Waals surface area contributed by atoms with Gasteiger partial charge in [0.2, 0.25) is 5.88 Å². The van der Waals surface area contributed by atoms with Crippen LogP contribution in [0.1, 0.15) is 22.8 Å². The van der Waals surface area contributed by atoms with Crippen LogP contribution in [0, 0.1) is 6.92 Å². The lowest BCUT2D eigenvalue weighted by molar-refractivity contribution is 0.102. The zero-order chi connectivity index (χ0) is 20.4. The number of aromatic amines is 1. The van der Waals surface area contributed by atoms with Gasteiger partial charge in [0.25, 0.3) is 5.91 Å². The van der Waals surface area contributed by atoms with Crippen molar-refractivity contribution >= 4 is 34.4 Å². The minimum atomic E-state index is -0.275. The molecule has 0 unspecified atom stereocenters. The monoisotopic (exact) mass is 407 g/mol. The van der Waals surface area contributed by atoms with E-state index in [1.54, 1.807) is 36.5 Å². The van der Waals surface area contributed by atoms with Crippen LogP contribution in [0.25, 0.3) is 22.6 Å². The number of carbonyl (C=O) groups is 1. The van der Waals surface area contributed by atoms with Gasteiger partial charge in [-0.2, -0.15) is 0 Å². The van der Waals surface area contributed by atoms with E-state index in [0.717, 1.165) is 11.1 Å². The fraction of sp³-hybridized carbons (Fsp3) is 0.143. The summed E-state index contributed by atoms with van der Waals surface area (Å²) in [6.07, 6.45) is 3.30. The van der Waals surface area contributed by atoms with Crippen LogP contribution in [-0.4, -0.2) is 32.4 Å². The van der Waals surface area contributed by atoms with Crippen LogP contribution in [0.5, 0.6) is 5.88 Å². The van der Waals surface area contributed by atoms with Gasteiger partial charge in [0.15, 0.2) is 5.65 Å². The van der Waals surface area contributed by atoms with E-state index in [2.05, 4.69) is 25.3 Å². The van der Waals surface area contributed by atoms with Crippen molar-refractivity contribution in [2.75, 3.05) is 11.9 Å². The molecule has 4 rings (SSSR count). The number of aryl methyl sites for hydroxylation is 1. The van der Waals surface area contributed by atoms with E-state index in [4.69, 9.17) is 16.3 Å². The Kier molecular flexibility index (Phi) is 5.14. The summed E-state index contributed by atoms with van der Waals surface area (Å²) in [6.45, 7) is 4.30. The molecule has 3 aromatic heterocycles. The van der Waals surface area contributed by atoms with E-state index in [1.807, 2.05) is 19.9 Å². The Balaban J connectivity index is 1.62. The number of amides is 1. The second-order valence-corrected chi connectivity index (χ2v) is 6.84. The minimum Gasteiger partial charge on any atom is -0.478 e. The third-order valence-corrected chi connectivity index (χ3v) is 4.57. The summed E-state index contributed by atoms with van der Waals surface area (Å²) in [6, 6.07) is 10.4. The first kappa shape index (κ1) is 18.9. The Hall–Kier alpha value is -3.45. The molecule has 8 heteroatoms. The molecule has 1 aromatic carbocycles. The van der Waals surface area contributed by atoms with Gasteiger partial charge in [0, 0.05) is 35.3 Å². The number of carbonyl (C=O) groups excluding carboxylic acids is 1. The Bertz CT molecular complexity index is 1200. The molecule has 3 heterocycles. The summed E-state index contributed by atoms with van der Waals surface area (Å²) in [5.74, 6) is 0.715. The third kappa shape index (κ3) is 4.05. The fourth-order valence-corrected chi connectivity index (χ4v) is 3.10. The molecule has 29 heavy (non-hydrogen) atoms. The topological polar surface area (TPSA) is 92.8 Å². The number of hydrogen-bond donors (Lipinski definition) is 2. The summed E-state index contributed by atoms with van der Waals surface area (Å²) in [5.41, 5.74) is 4.17. The average molecular weight is 408 g/mol. The zero-order valence-electron chi connectivity index (χ0n) is 15.9. The molecule has 0 spiro atoms. The summed E-state index contributed by atoms with van der Waals surface area (Å²) in [4.78, 5) is 28.7. The van der Waals surface area contributed by atoms with Crippen LogP contribution < -0.4 is 10.1 Å². The Morgan fingerprint density at radius 1 is 1.21 bits per heavy atom. The number of fused-ring (bicyclic) bond motifs is 1. The van der Waals surface area contributed by atoms with Crippen molar-refractivity contribution in [1.29, 1.82) is 0 Å². The number of H-pyrrole nitrogens is 1. The van der Waals surface area contributed by atoms with Gasteiger partial charge >= 0.3 is 0 Å². The zero-order valence-corrected chi connectivity index (χ0v) is 16.6. The number of benzene rings is 1. The largest absolute Gasteiger partial charge is 0.478 e. The van der Waals surface area contributed by atoms with E-state index >= 15 is 0 Å².